The van der Waals surface area contributed by atoms with Gasteiger partial charge in [0.1, 0.15) is 36.3 Å². The van der Waals surface area contributed by atoms with Gasteiger partial charge < -0.3 is 36.0 Å². The third-order valence-corrected chi connectivity index (χ3v) is 5.31. The molecule has 2 aromatic carbocycles. The van der Waals surface area contributed by atoms with Gasteiger partial charge in [-0.3, -0.25) is 0 Å². The SMILES string of the molecule is CCc1ccc(Cc2cc([C@@H]3O[C@H](CO)[C@@H](O)[C@H](O)[C@H]3O)cc(O)c2N)cc1. The molecule has 0 radical (unpaired) electrons. The number of aryl methyl sites for hydroxylation is 1. The number of hydrogen-bond donors (Lipinski definition) is 6. The number of anilines is 1. The predicted molar refractivity (Wildman–Crippen MR) is 104 cm³/mol. The summed E-state index contributed by atoms with van der Waals surface area (Å²) in [5, 5.41) is 50.0. The first kappa shape index (κ1) is 20.6. The van der Waals surface area contributed by atoms with Crippen molar-refractivity contribution in [2.24, 2.45) is 0 Å². The lowest BCUT2D eigenvalue weighted by atomic mass is 9.89. The zero-order valence-corrected chi connectivity index (χ0v) is 15.7. The number of rotatable bonds is 5. The maximum atomic E-state index is 10.3. The van der Waals surface area contributed by atoms with E-state index in [9.17, 15) is 25.5 Å². The van der Waals surface area contributed by atoms with Gasteiger partial charge in [-0.15, -0.1) is 0 Å². The quantitative estimate of drug-likeness (QED) is 0.326. The van der Waals surface area contributed by atoms with Crippen LogP contribution in [0.1, 0.15) is 35.3 Å². The number of aliphatic hydroxyl groups is 4. The van der Waals surface area contributed by atoms with Crippen LogP contribution in [-0.2, 0) is 17.6 Å². The Morgan fingerprint density at radius 2 is 1.61 bits per heavy atom. The van der Waals surface area contributed by atoms with E-state index < -0.39 is 37.1 Å². The van der Waals surface area contributed by atoms with E-state index in [1.807, 2.05) is 24.3 Å². The van der Waals surface area contributed by atoms with E-state index in [1.165, 1.54) is 11.6 Å². The first-order chi connectivity index (χ1) is 13.3. The van der Waals surface area contributed by atoms with Crippen LogP contribution in [0.4, 0.5) is 5.69 Å². The zero-order valence-electron chi connectivity index (χ0n) is 15.7. The molecular formula is C21H27NO6. The molecule has 152 valence electrons. The summed E-state index contributed by atoms with van der Waals surface area (Å²) in [6, 6.07) is 11.1. The molecule has 1 saturated heterocycles. The molecule has 5 atom stereocenters. The average molecular weight is 389 g/mol. The van der Waals surface area contributed by atoms with Gasteiger partial charge in [0, 0.05) is 0 Å². The molecule has 1 heterocycles. The van der Waals surface area contributed by atoms with Crippen molar-refractivity contribution in [1.82, 2.24) is 0 Å². The predicted octanol–water partition coefficient (Wildman–Crippen LogP) is 0.642. The highest BCUT2D eigenvalue weighted by molar-refractivity contribution is 5.61. The molecule has 0 aliphatic carbocycles. The molecular weight excluding hydrogens is 362 g/mol. The Bertz CT molecular complexity index is 807. The largest absolute Gasteiger partial charge is 0.506 e. The maximum Gasteiger partial charge on any atom is 0.139 e. The van der Waals surface area contributed by atoms with Crippen LogP contribution in [0.2, 0.25) is 0 Å². The normalized spacial score (nSPS) is 27.7. The van der Waals surface area contributed by atoms with Gasteiger partial charge in [0.2, 0.25) is 0 Å². The van der Waals surface area contributed by atoms with Crippen molar-refractivity contribution >= 4 is 5.69 Å². The molecule has 0 spiro atoms. The fraction of sp³-hybridized carbons (Fsp3) is 0.429. The fourth-order valence-corrected chi connectivity index (χ4v) is 3.52. The summed E-state index contributed by atoms with van der Waals surface area (Å²) in [6.07, 6.45) is -4.98. The third-order valence-electron chi connectivity index (χ3n) is 5.31. The van der Waals surface area contributed by atoms with E-state index in [-0.39, 0.29) is 11.4 Å². The van der Waals surface area contributed by atoms with Crippen molar-refractivity contribution in [3.8, 4) is 5.75 Å². The van der Waals surface area contributed by atoms with Crippen molar-refractivity contribution in [2.75, 3.05) is 12.3 Å². The lowest BCUT2D eigenvalue weighted by Gasteiger charge is -2.40. The number of nitrogens with two attached hydrogens (primary N) is 1. The van der Waals surface area contributed by atoms with Crippen LogP contribution in [-0.4, -0.2) is 56.6 Å². The van der Waals surface area contributed by atoms with E-state index in [2.05, 4.69) is 6.92 Å². The summed E-state index contributed by atoms with van der Waals surface area (Å²) >= 11 is 0. The van der Waals surface area contributed by atoms with Gasteiger partial charge in [0.15, 0.2) is 0 Å². The second-order valence-electron chi connectivity index (χ2n) is 7.21. The Balaban J connectivity index is 1.92. The molecule has 7 heteroatoms. The number of hydrogen-bond acceptors (Lipinski definition) is 7. The van der Waals surface area contributed by atoms with Crippen molar-refractivity contribution < 1.29 is 30.3 Å². The monoisotopic (exact) mass is 389 g/mol. The van der Waals surface area contributed by atoms with Crippen molar-refractivity contribution in [2.45, 2.75) is 50.3 Å². The Kier molecular flexibility index (Phi) is 6.22. The van der Waals surface area contributed by atoms with Gasteiger partial charge in [0.05, 0.1) is 12.3 Å². The number of aliphatic hydroxyl groups excluding tert-OH is 4. The van der Waals surface area contributed by atoms with E-state index in [0.717, 1.165) is 12.0 Å². The molecule has 0 aromatic heterocycles. The van der Waals surface area contributed by atoms with Crippen molar-refractivity contribution in [3.05, 3.63) is 58.7 Å². The molecule has 1 aliphatic rings. The molecule has 2 aromatic rings. The van der Waals surface area contributed by atoms with Crippen molar-refractivity contribution in [3.63, 3.8) is 0 Å². The summed E-state index contributed by atoms with van der Waals surface area (Å²) in [4.78, 5) is 0. The van der Waals surface area contributed by atoms with E-state index >= 15 is 0 Å². The standard InChI is InChI=1S/C21H27NO6/c1-2-11-3-5-12(6-4-11)7-13-8-14(9-15(24)17(13)22)21-20(27)19(26)18(25)16(10-23)28-21/h3-6,8-9,16,18-21,23-27H,2,7,10,22H2,1H3/t16-,18-,19+,20-,21+/m1/s1. The number of phenolic OH excluding ortho intramolecular Hbond substituents is 1. The van der Waals surface area contributed by atoms with Gasteiger partial charge in [-0.1, -0.05) is 37.3 Å². The highest BCUT2D eigenvalue weighted by Crippen LogP contribution is 2.37. The molecule has 0 unspecified atom stereocenters. The summed E-state index contributed by atoms with van der Waals surface area (Å²) in [7, 11) is 0. The topological polar surface area (TPSA) is 136 Å². The Labute approximate surface area is 163 Å². The van der Waals surface area contributed by atoms with Crippen LogP contribution in [0, 0.1) is 0 Å². The molecule has 0 bridgehead atoms. The number of phenols is 1. The Hall–Kier alpha value is -2.16. The van der Waals surface area contributed by atoms with Crippen LogP contribution in [0.15, 0.2) is 36.4 Å². The van der Waals surface area contributed by atoms with E-state index in [0.29, 0.717) is 17.5 Å². The molecule has 7 N–H and O–H groups in total. The lowest BCUT2D eigenvalue weighted by Crippen LogP contribution is -2.55. The molecule has 28 heavy (non-hydrogen) atoms. The third kappa shape index (κ3) is 3.99. The number of nitrogen functional groups attached to an aromatic ring is 1. The minimum absolute atomic E-state index is 0.158. The summed E-state index contributed by atoms with van der Waals surface area (Å²) in [5.74, 6) is -0.158. The summed E-state index contributed by atoms with van der Waals surface area (Å²) in [6.45, 7) is 1.56. The number of benzene rings is 2. The molecule has 3 rings (SSSR count). The average Bonchev–Trinajstić information content (AvgIpc) is 2.70. The summed E-state index contributed by atoms with van der Waals surface area (Å²) < 4.78 is 5.59. The number of ether oxygens (including phenoxy) is 1. The van der Waals surface area contributed by atoms with Gasteiger partial charge in [-0.25, -0.2) is 0 Å². The van der Waals surface area contributed by atoms with Crippen LogP contribution < -0.4 is 5.73 Å². The Morgan fingerprint density at radius 3 is 2.21 bits per heavy atom. The highest BCUT2D eigenvalue weighted by atomic mass is 16.5. The molecule has 1 aliphatic heterocycles. The first-order valence-electron chi connectivity index (χ1n) is 9.35. The second kappa shape index (κ2) is 8.46. The minimum atomic E-state index is -1.49. The molecule has 7 nitrogen and oxygen atoms in total. The maximum absolute atomic E-state index is 10.3. The van der Waals surface area contributed by atoms with Gasteiger partial charge >= 0.3 is 0 Å². The van der Waals surface area contributed by atoms with Gasteiger partial charge in [0.25, 0.3) is 0 Å². The highest BCUT2D eigenvalue weighted by Gasteiger charge is 2.44. The lowest BCUT2D eigenvalue weighted by molar-refractivity contribution is -0.231. The summed E-state index contributed by atoms with van der Waals surface area (Å²) in [5.41, 5.74) is 9.55. The first-order valence-corrected chi connectivity index (χ1v) is 9.35. The van der Waals surface area contributed by atoms with Crippen LogP contribution in [0.25, 0.3) is 0 Å². The van der Waals surface area contributed by atoms with Gasteiger partial charge in [-0.2, -0.15) is 0 Å². The van der Waals surface area contributed by atoms with E-state index in [1.54, 1.807) is 6.07 Å². The van der Waals surface area contributed by atoms with Crippen LogP contribution >= 0.6 is 0 Å². The smallest absolute Gasteiger partial charge is 0.139 e. The van der Waals surface area contributed by atoms with Crippen LogP contribution in [0.5, 0.6) is 5.75 Å². The minimum Gasteiger partial charge on any atom is -0.506 e. The second-order valence-corrected chi connectivity index (χ2v) is 7.21. The molecule has 1 fully saturated rings. The van der Waals surface area contributed by atoms with Gasteiger partial charge in [-0.05, 0) is 41.2 Å². The Morgan fingerprint density at radius 1 is 0.964 bits per heavy atom. The van der Waals surface area contributed by atoms with Crippen molar-refractivity contribution in [1.29, 1.82) is 0 Å². The van der Waals surface area contributed by atoms with E-state index in [4.69, 9.17) is 10.5 Å². The molecule has 0 saturated carbocycles. The zero-order chi connectivity index (χ0) is 20.4. The number of aromatic hydroxyl groups is 1. The van der Waals surface area contributed by atoms with Crippen LogP contribution in [0.3, 0.4) is 0 Å². The molecule has 0 amide bonds. The fourth-order valence-electron chi connectivity index (χ4n) is 3.52.